The van der Waals surface area contributed by atoms with Gasteiger partial charge in [0.15, 0.2) is 9.84 Å². The van der Waals surface area contributed by atoms with Gasteiger partial charge in [-0.25, -0.2) is 8.42 Å². The molecule has 0 saturated carbocycles. The van der Waals surface area contributed by atoms with Gasteiger partial charge >= 0.3 is 5.97 Å². The van der Waals surface area contributed by atoms with Crippen molar-refractivity contribution < 1.29 is 18.3 Å². The van der Waals surface area contributed by atoms with Gasteiger partial charge in [0.25, 0.3) is 0 Å². The second-order valence-electron chi connectivity index (χ2n) is 4.38. The molecule has 0 radical (unpaired) electrons. The third-order valence-electron chi connectivity index (χ3n) is 3.29. The molecule has 15 heavy (non-hydrogen) atoms. The van der Waals surface area contributed by atoms with Crippen LogP contribution in [0, 0.1) is 5.92 Å². The van der Waals surface area contributed by atoms with Crippen LogP contribution in [0.5, 0.6) is 0 Å². The van der Waals surface area contributed by atoms with Crippen molar-refractivity contribution in [1.82, 2.24) is 4.90 Å². The zero-order chi connectivity index (χ0) is 11.1. The first-order chi connectivity index (χ1) is 6.98. The van der Waals surface area contributed by atoms with Crippen molar-refractivity contribution in [3.8, 4) is 0 Å². The maximum atomic E-state index is 11.3. The number of hydrogen-bond donors (Lipinski definition) is 1. The molecule has 0 aliphatic carbocycles. The molecule has 86 valence electrons. The number of aliphatic carboxylic acids is 1. The van der Waals surface area contributed by atoms with Crippen molar-refractivity contribution in [3.05, 3.63) is 0 Å². The maximum Gasteiger partial charge on any atom is 0.307 e. The molecule has 2 aliphatic heterocycles. The average Bonchev–Trinajstić information content (AvgIpc) is 2.70. The lowest BCUT2D eigenvalue weighted by Gasteiger charge is -2.21. The highest BCUT2D eigenvalue weighted by Gasteiger charge is 2.37. The number of carbonyl (C=O) groups is 1. The number of rotatable bonds is 2. The van der Waals surface area contributed by atoms with Crippen molar-refractivity contribution in [3.63, 3.8) is 0 Å². The Balaban J connectivity index is 1.95. The third-order valence-corrected chi connectivity index (χ3v) is 5.04. The summed E-state index contributed by atoms with van der Waals surface area (Å²) in [5.41, 5.74) is 0. The summed E-state index contributed by atoms with van der Waals surface area (Å²) in [5.74, 6) is -0.614. The first-order valence-corrected chi connectivity index (χ1v) is 6.97. The highest BCUT2D eigenvalue weighted by atomic mass is 32.2. The van der Waals surface area contributed by atoms with Crippen LogP contribution < -0.4 is 0 Å². The smallest absolute Gasteiger partial charge is 0.307 e. The second kappa shape index (κ2) is 3.75. The summed E-state index contributed by atoms with van der Waals surface area (Å²) in [4.78, 5) is 12.8. The van der Waals surface area contributed by atoms with E-state index in [0.717, 1.165) is 6.54 Å². The fourth-order valence-corrected chi connectivity index (χ4v) is 4.15. The Hall–Kier alpha value is -0.620. The number of sulfone groups is 1. The molecule has 2 heterocycles. The lowest BCUT2D eigenvalue weighted by molar-refractivity contribution is -0.141. The average molecular weight is 233 g/mol. The lowest BCUT2D eigenvalue weighted by Crippen LogP contribution is -2.34. The Morgan fingerprint density at radius 2 is 2.07 bits per heavy atom. The predicted octanol–water partition coefficient (Wildman–Crippen LogP) is -0.420. The number of carboxylic acids is 1. The molecule has 2 rings (SSSR count). The van der Waals surface area contributed by atoms with Gasteiger partial charge in [0.1, 0.15) is 0 Å². The van der Waals surface area contributed by atoms with Crippen LogP contribution in [0.4, 0.5) is 0 Å². The van der Waals surface area contributed by atoms with Gasteiger partial charge in [0.05, 0.1) is 17.4 Å². The van der Waals surface area contributed by atoms with E-state index < -0.39 is 15.8 Å². The molecule has 2 fully saturated rings. The highest BCUT2D eigenvalue weighted by Crippen LogP contribution is 2.24. The predicted molar refractivity (Wildman–Crippen MR) is 54.4 cm³/mol. The summed E-state index contributed by atoms with van der Waals surface area (Å²) in [6.07, 6.45) is 1.31. The molecule has 5 nitrogen and oxygen atoms in total. The highest BCUT2D eigenvalue weighted by molar-refractivity contribution is 7.91. The number of carboxylic acid groups (broad SMARTS) is 1. The number of likely N-dealkylation sites (tertiary alicyclic amines) is 1. The second-order valence-corrected chi connectivity index (χ2v) is 6.60. The molecule has 6 heteroatoms. The van der Waals surface area contributed by atoms with Gasteiger partial charge < -0.3 is 5.11 Å². The molecule has 0 amide bonds. The van der Waals surface area contributed by atoms with Crippen LogP contribution >= 0.6 is 0 Å². The molecule has 2 unspecified atom stereocenters. The van der Waals surface area contributed by atoms with Gasteiger partial charge in [-0.05, 0) is 19.4 Å². The lowest BCUT2D eigenvalue weighted by atomic mass is 10.1. The largest absolute Gasteiger partial charge is 0.481 e. The minimum atomic E-state index is -2.86. The van der Waals surface area contributed by atoms with E-state index in [2.05, 4.69) is 0 Å². The standard InChI is InChI=1S/C9H15NO4S/c11-9(12)7-1-3-10(5-7)8-2-4-15(13,14)6-8/h7-8H,1-6H2,(H,11,12). The molecular weight excluding hydrogens is 218 g/mol. The Bertz CT molecular complexity index is 364. The van der Waals surface area contributed by atoms with Crippen molar-refractivity contribution in [2.24, 2.45) is 5.92 Å². The summed E-state index contributed by atoms with van der Waals surface area (Å²) in [5, 5.41) is 8.83. The molecule has 0 aromatic heterocycles. The Morgan fingerprint density at radius 1 is 1.33 bits per heavy atom. The SMILES string of the molecule is O=C(O)C1CCN(C2CCS(=O)(=O)C2)C1. The fraction of sp³-hybridized carbons (Fsp3) is 0.889. The fourth-order valence-electron chi connectivity index (χ4n) is 2.38. The summed E-state index contributed by atoms with van der Waals surface area (Å²) in [6.45, 7) is 1.23. The van der Waals surface area contributed by atoms with Crippen LogP contribution in [0.2, 0.25) is 0 Å². The number of nitrogens with zero attached hydrogens (tertiary/aromatic N) is 1. The molecule has 0 aromatic rings. The van der Waals surface area contributed by atoms with Gasteiger partial charge in [-0.15, -0.1) is 0 Å². The molecule has 0 spiro atoms. The topological polar surface area (TPSA) is 74.7 Å². The van der Waals surface area contributed by atoms with E-state index in [4.69, 9.17) is 5.11 Å². The van der Waals surface area contributed by atoms with Gasteiger partial charge in [0, 0.05) is 12.6 Å². The molecule has 1 N–H and O–H groups in total. The van der Waals surface area contributed by atoms with Crippen LogP contribution in [0.1, 0.15) is 12.8 Å². The number of hydrogen-bond acceptors (Lipinski definition) is 4. The normalized spacial score (nSPS) is 35.7. The van der Waals surface area contributed by atoms with E-state index in [1.165, 1.54) is 0 Å². The van der Waals surface area contributed by atoms with Crippen molar-refractivity contribution >= 4 is 15.8 Å². The zero-order valence-corrected chi connectivity index (χ0v) is 9.24. The maximum absolute atomic E-state index is 11.3. The Kier molecular flexibility index (Phi) is 2.72. The van der Waals surface area contributed by atoms with Gasteiger partial charge in [-0.2, -0.15) is 0 Å². The third kappa shape index (κ3) is 2.31. The van der Waals surface area contributed by atoms with E-state index in [1.807, 2.05) is 4.90 Å². The Morgan fingerprint density at radius 3 is 2.53 bits per heavy atom. The van der Waals surface area contributed by atoms with E-state index >= 15 is 0 Å². The van der Waals surface area contributed by atoms with Crippen LogP contribution in [0.15, 0.2) is 0 Å². The Labute approximate surface area is 89.0 Å². The molecule has 2 saturated heterocycles. The van der Waals surface area contributed by atoms with Crippen molar-refractivity contribution in [2.75, 3.05) is 24.6 Å². The first-order valence-electron chi connectivity index (χ1n) is 5.15. The minimum absolute atomic E-state index is 0.0550. The van der Waals surface area contributed by atoms with Crippen LogP contribution in [-0.2, 0) is 14.6 Å². The molecule has 0 bridgehead atoms. The van der Waals surface area contributed by atoms with Crippen LogP contribution in [0.3, 0.4) is 0 Å². The van der Waals surface area contributed by atoms with Gasteiger partial charge in [-0.1, -0.05) is 0 Å². The van der Waals surface area contributed by atoms with E-state index in [9.17, 15) is 13.2 Å². The van der Waals surface area contributed by atoms with Crippen LogP contribution in [0.25, 0.3) is 0 Å². The molecule has 2 atom stereocenters. The molecule has 2 aliphatic rings. The summed E-state index contributed by atoms with van der Waals surface area (Å²) < 4.78 is 22.5. The van der Waals surface area contributed by atoms with Gasteiger partial charge in [-0.3, -0.25) is 9.69 Å². The van der Waals surface area contributed by atoms with Crippen molar-refractivity contribution in [2.45, 2.75) is 18.9 Å². The van der Waals surface area contributed by atoms with E-state index in [0.29, 0.717) is 19.4 Å². The summed E-state index contributed by atoms with van der Waals surface area (Å²) in [7, 11) is -2.86. The monoisotopic (exact) mass is 233 g/mol. The minimum Gasteiger partial charge on any atom is -0.481 e. The van der Waals surface area contributed by atoms with E-state index in [-0.39, 0.29) is 23.5 Å². The zero-order valence-electron chi connectivity index (χ0n) is 8.42. The first kappa shape index (κ1) is 10.9. The van der Waals surface area contributed by atoms with E-state index in [1.54, 1.807) is 0 Å². The van der Waals surface area contributed by atoms with Crippen LogP contribution in [-0.4, -0.2) is 55.0 Å². The summed E-state index contributed by atoms with van der Waals surface area (Å²) >= 11 is 0. The quantitative estimate of drug-likeness (QED) is 0.701. The van der Waals surface area contributed by atoms with Crippen molar-refractivity contribution in [1.29, 1.82) is 0 Å². The molecular formula is C9H15NO4S. The summed E-state index contributed by atoms with van der Waals surface area (Å²) in [6, 6.07) is 0.0550. The van der Waals surface area contributed by atoms with Gasteiger partial charge in [0.2, 0.25) is 0 Å². The molecule has 0 aromatic carbocycles.